The van der Waals surface area contributed by atoms with Gasteiger partial charge in [0.05, 0.1) is 17.9 Å². The van der Waals surface area contributed by atoms with Gasteiger partial charge in [-0.2, -0.15) is 0 Å². The highest BCUT2D eigenvalue weighted by Crippen LogP contribution is 2.23. The van der Waals surface area contributed by atoms with Crippen molar-refractivity contribution in [3.05, 3.63) is 28.4 Å². The number of rotatable bonds is 6. The summed E-state index contributed by atoms with van der Waals surface area (Å²) >= 11 is 0. The van der Waals surface area contributed by atoms with Crippen LogP contribution in [0.2, 0.25) is 0 Å². The predicted octanol–water partition coefficient (Wildman–Crippen LogP) is -1.00. The van der Waals surface area contributed by atoms with E-state index in [2.05, 4.69) is 20.3 Å². The van der Waals surface area contributed by atoms with Crippen LogP contribution in [0.1, 0.15) is 5.56 Å². The highest BCUT2D eigenvalue weighted by Gasteiger charge is 2.11. The van der Waals surface area contributed by atoms with Gasteiger partial charge in [-0.25, -0.2) is 4.98 Å². The maximum Gasteiger partial charge on any atom is 0.275 e. The van der Waals surface area contributed by atoms with Gasteiger partial charge in [0.2, 0.25) is 0 Å². The number of aliphatic hydroxyl groups excluding tert-OH is 1. The molecule has 8 nitrogen and oxygen atoms in total. The molecule has 0 amide bonds. The van der Waals surface area contributed by atoms with Gasteiger partial charge in [-0.15, -0.1) is 0 Å². The van der Waals surface area contributed by atoms with E-state index in [1.54, 1.807) is 6.20 Å². The molecule has 0 bridgehead atoms. The van der Waals surface area contributed by atoms with Crippen LogP contribution in [-0.2, 0) is 6.54 Å². The third-order valence-corrected chi connectivity index (χ3v) is 3.37. The molecule has 1 unspecified atom stereocenters. The van der Waals surface area contributed by atoms with E-state index in [1.165, 1.54) is 6.33 Å². The lowest BCUT2D eigenvalue weighted by molar-refractivity contribution is 0.190. The first-order valence-corrected chi connectivity index (χ1v) is 7.09. The SMILES string of the molecule is O=c1[nH]cnc2c(CNCC(O)CP(O)O)c[nH]c12. The number of aromatic nitrogens is 3. The molecule has 19 heavy (non-hydrogen) atoms. The number of nitrogens with one attached hydrogen (secondary N) is 3. The maximum atomic E-state index is 11.5. The molecule has 0 aliphatic carbocycles. The predicted molar refractivity (Wildman–Crippen MR) is 70.7 cm³/mol. The van der Waals surface area contributed by atoms with Crippen LogP contribution in [0.15, 0.2) is 17.3 Å². The van der Waals surface area contributed by atoms with Crippen molar-refractivity contribution in [3.8, 4) is 0 Å². The molecule has 104 valence electrons. The number of H-pyrrole nitrogens is 2. The average molecular weight is 286 g/mol. The second kappa shape index (κ2) is 6.23. The Bertz CT molecular complexity index is 596. The molecule has 1 atom stereocenters. The minimum absolute atomic E-state index is 0.0475. The number of hydrogen-bond acceptors (Lipinski definition) is 6. The summed E-state index contributed by atoms with van der Waals surface area (Å²) in [4.78, 5) is 38.4. The van der Waals surface area contributed by atoms with Gasteiger partial charge >= 0.3 is 0 Å². The van der Waals surface area contributed by atoms with Gasteiger partial charge in [-0.1, -0.05) is 0 Å². The molecule has 0 radical (unpaired) electrons. The topological polar surface area (TPSA) is 134 Å². The minimum atomic E-state index is -2.09. The second-order valence-corrected chi connectivity index (χ2v) is 5.22. The normalized spacial score (nSPS) is 13.3. The quantitative estimate of drug-likeness (QED) is 0.377. The van der Waals surface area contributed by atoms with E-state index in [4.69, 9.17) is 9.79 Å². The number of hydrogen-bond donors (Lipinski definition) is 6. The zero-order valence-corrected chi connectivity index (χ0v) is 10.9. The molecule has 0 fully saturated rings. The first-order valence-electron chi connectivity index (χ1n) is 5.65. The number of fused-ring (bicyclic) bond motifs is 1. The molecule has 0 saturated heterocycles. The van der Waals surface area contributed by atoms with Gasteiger partial charge in [0, 0.05) is 31.0 Å². The van der Waals surface area contributed by atoms with Crippen LogP contribution >= 0.6 is 8.38 Å². The zero-order chi connectivity index (χ0) is 13.8. The van der Waals surface area contributed by atoms with E-state index in [0.717, 1.165) is 5.56 Å². The van der Waals surface area contributed by atoms with Crippen molar-refractivity contribution in [2.24, 2.45) is 0 Å². The molecular weight excluding hydrogens is 271 g/mol. The van der Waals surface area contributed by atoms with Crippen molar-refractivity contribution < 1.29 is 14.9 Å². The highest BCUT2D eigenvalue weighted by atomic mass is 31.2. The third-order valence-electron chi connectivity index (χ3n) is 2.62. The summed E-state index contributed by atoms with van der Waals surface area (Å²) in [7, 11) is -2.09. The second-order valence-electron chi connectivity index (χ2n) is 4.11. The summed E-state index contributed by atoms with van der Waals surface area (Å²) in [5, 5.41) is 12.4. The van der Waals surface area contributed by atoms with E-state index in [-0.39, 0.29) is 18.3 Å². The summed E-state index contributed by atoms with van der Waals surface area (Å²) in [5.41, 5.74) is 1.57. The van der Waals surface area contributed by atoms with Crippen LogP contribution in [0.4, 0.5) is 0 Å². The third kappa shape index (κ3) is 3.59. The van der Waals surface area contributed by atoms with Crippen molar-refractivity contribution in [1.29, 1.82) is 0 Å². The molecule has 0 spiro atoms. The van der Waals surface area contributed by atoms with Crippen LogP contribution < -0.4 is 10.9 Å². The largest absolute Gasteiger partial charge is 0.391 e. The number of aromatic amines is 2. The molecule has 0 aliphatic heterocycles. The fourth-order valence-corrected chi connectivity index (χ4v) is 2.27. The monoisotopic (exact) mass is 286 g/mol. The van der Waals surface area contributed by atoms with E-state index in [9.17, 15) is 9.90 Å². The highest BCUT2D eigenvalue weighted by molar-refractivity contribution is 7.45. The van der Waals surface area contributed by atoms with Crippen LogP contribution in [0.25, 0.3) is 11.0 Å². The minimum Gasteiger partial charge on any atom is -0.391 e. The van der Waals surface area contributed by atoms with Crippen molar-refractivity contribution in [1.82, 2.24) is 20.3 Å². The van der Waals surface area contributed by atoms with Crippen LogP contribution in [-0.4, -0.2) is 48.7 Å². The van der Waals surface area contributed by atoms with E-state index < -0.39 is 14.5 Å². The summed E-state index contributed by atoms with van der Waals surface area (Å²) in [6.45, 7) is 0.651. The summed E-state index contributed by atoms with van der Waals surface area (Å²) in [5.74, 6) is 0. The lowest BCUT2D eigenvalue weighted by Crippen LogP contribution is -2.28. The lowest BCUT2D eigenvalue weighted by Gasteiger charge is -2.11. The Hall–Kier alpha value is -1.31. The van der Waals surface area contributed by atoms with Gasteiger partial charge in [-0.3, -0.25) is 4.79 Å². The number of nitrogens with zero attached hydrogens (tertiary/aromatic N) is 1. The van der Waals surface area contributed by atoms with Crippen molar-refractivity contribution in [2.45, 2.75) is 12.6 Å². The van der Waals surface area contributed by atoms with E-state index in [1.807, 2.05) is 0 Å². The van der Waals surface area contributed by atoms with Gasteiger partial charge in [-0.05, 0) is 0 Å². The summed E-state index contributed by atoms with van der Waals surface area (Å²) < 4.78 is 0. The van der Waals surface area contributed by atoms with Crippen LogP contribution in [0, 0.1) is 0 Å². The van der Waals surface area contributed by atoms with Gasteiger partial charge in [0.1, 0.15) is 5.52 Å². The van der Waals surface area contributed by atoms with Crippen molar-refractivity contribution in [2.75, 3.05) is 12.7 Å². The van der Waals surface area contributed by atoms with E-state index >= 15 is 0 Å². The van der Waals surface area contributed by atoms with Crippen LogP contribution in [0.3, 0.4) is 0 Å². The Balaban J connectivity index is 1.95. The van der Waals surface area contributed by atoms with Gasteiger partial charge in [0.25, 0.3) is 5.56 Å². The first-order chi connectivity index (χ1) is 9.08. The smallest absolute Gasteiger partial charge is 0.275 e. The molecule has 0 aromatic carbocycles. The molecule has 2 aromatic rings. The maximum absolute atomic E-state index is 11.5. The average Bonchev–Trinajstić information content (AvgIpc) is 2.73. The molecule has 6 N–H and O–H groups in total. The number of aliphatic hydroxyl groups is 1. The Kier molecular flexibility index (Phi) is 4.62. The Morgan fingerprint density at radius 1 is 1.42 bits per heavy atom. The van der Waals surface area contributed by atoms with Gasteiger partial charge in [0.15, 0.2) is 8.38 Å². The fraction of sp³-hybridized carbons (Fsp3) is 0.400. The van der Waals surface area contributed by atoms with E-state index in [0.29, 0.717) is 17.6 Å². The first kappa shape index (κ1) is 14.1. The van der Waals surface area contributed by atoms with Crippen molar-refractivity contribution >= 4 is 19.4 Å². The molecule has 0 saturated carbocycles. The molecule has 2 rings (SSSR count). The summed E-state index contributed by atoms with van der Waals surface area (Å²) in [6, 6.07) is 0. The zero-order valence-electron chi connectivity index (χ0n) is 10.00. The van der Waals surface area contributed by atoms with Gasteiger partial charge < -0.3 is 30.2 Å². The molecule has 2 aromatic heterocycles. The summed E-state index contributed by atoms with van der Waals surface area (Å²) in [6.07, 6.45) is 2.15. The molecule has 9 heteroatoms. The van der Waals surface area contributed by atoms with Crippen molar-refractivity contribution in [3.63, 3.8) is 0 Å². The fourth-order valence-electron chi connectivity index (χ4n) is 1.77. The van der Waals surface area contributed by atoms with Crippen LogP contribution in [0.5, 0.6) is 0 Å². The lowest BCUT2D eigenvalue weighted by atomic mass is 10.3. The molecular formula is C10H15N4O4P. The standard InChI is InChI=1S/C10H15N4O4P/c15-7(4-19(17)18)3-11-1-6-2-12-9-8(6)13-5-14-10(9)16/h2,5,7,11-12,15,17-18H,1,3-4H2,(H,13,14,16). The molecule has 2 heterocycles. The Morgan fingerprint density at radius 2 is 2.21 bits per heavy atom. The Labute approximate surface area is 109 Å². The Morgan fingerprint density at radius 3 is 2.95 bits per heavy atom. The molecule has 0 aliphatic rings.